The van der Waals surface area contributed by atoms with E-state index < -0.39 is 0 Å². The highest BCUT2D eigenvalue weighted by Gasteiger charge is 2.34. The van der Waals surface area contributed by atoms with Crippen LogP contribution in [0.4, 0.5) is 9.18 Å². The first-order valence-corrected chi connectivity index (χ1v) is 10.3. The average Bonchev–Trinajstić information content (AvgIpc) is 3.01. The van der Waals surface area contributed by atoms with Gasteiger partial charge in [0.1, 0.15) is 12.4 Å². The Balaban J connectivity index is 1.91. The van der Waals surface area contributed by atoms with Crippen molar-refractivity contribution >= 4 is 29.0 Å². The van der Waals surface area contributed by atoms with Gasteiger partial charge in [0.2, 0.25) is 0 Å². The number of benzene rings is 2. The number of carbonyl (C=O) groups excluding carboxylic acids is 2. The van der Waals surface area contributed by atoms with Crippen LogP contribution in [0.1, 0.15) is 16.7 Å². The smallest absolute Gasteiger partial charge is 0.293 e. The van der Waals surface area contributed by atoms with Gasteiger partial charge in [0.15, 0.2) is 11.5 Å². The van der Waals surface area contributed by atoms with E-state index in [-0.39, 0.29) is 30.1 Å². The van der Waals surface area contributed by atoms with Gasteiger partial charge in [-0.25, -0.2) is 4.39 Å². The normalized spacial score (nSPS) is 14.8. The molecule has 7 heteroatoms. The Hall–Kier alpha value is -3.32. The third-order valence-corrected chi connectivity index (χ3v) is 5.43. The molecule has 1 heterocycles. The van der Waals surface area contributed by atoms with E-state index in [1.54, 1.807) is 30.4 Å². The lowest BCUT2D eigenvalue weighted by molar-refractivity contribution is -0.122. The lowest BCUT2D eigenvalue weighted by atomic mass is 10.0. The minimum atomic E-state index is -0.351. The maximum atomic E-state index is 13.1. The average molecular weight is 440 g/mol. The number of allylic oxidation sites excluding steroid dienone is 1. The maximum absolute atomic E-state index is 13.1. The molecule has 3 rings (SSSR count). The van der Waals surface area contributed by atoms with Crippen molar-refractivity contribution in [2.75, 3.05) is 13.7 Å². The summed E-state index contributed by atoms with van der Waals surface area (Å²) >= 11 is 0.890. The van der Waals surface area contributed by atoms with E-state index in [0.29, 0.717) is 28.4 Å². The monoisotopic (exact) mass is 439 g/mol. The fourth-order valence-corrected chi connectivity index (χ4v) is 3.91. The van der Waals surface area contributed by atoms with Crippen LogP contribution in [0.3, 0.4) is 0 Å². The van der Waals surface area contributed by atoms with Crippen molar-refractivity contribution in [3.63, 3.8) is 0 Å². The zero-order chi connectivity index (χ0) is 22.4. The number of halogens is 1. The molecule has 1 aliphatic rings. The van der Waals surface area contributed by atoms with Crippen LogP contribution in [0.15, 0.2) is 66.6 Å². The van der Waals surface area contributed by atoms with E-state index >= 15 is 0 Å². The molecule has 0 aromatic heterocycles. The van der Waals surface area contributed by atoms with Crippen LogP contribution in [-0.2, 0) is 17.8 Å². The minimum absolute atomic E-state index is 0.170. The number of imide groups is 1. The first-order chi connectivity index (χ1) is 15.0. The number of ether oxygens (including phenoxy) is 2. The number of thioether (sulfide) groups is 1. The van der Waals surface area contributed by atoms with Crippen molar-refractivity contribution in [3.8, 4) is 11.5 Å². The molecule has 0 spiro atoms. The Bertz CT molecular complexity index is 1050. The summed E-state index contributed by atoms with van der Waals surface area (Å²) in [6.07, 6.45) is 5.42. The van der Waals surface area contributed by atoms with Crippen molar-refractivity contribution in [1.82, 2.24) is 4.90 Å². The van der Waals surface area contributed by atoms with E-state index in [9.17, 15) is 14.0 Å². The number of amides is 2. The summed E-state index contributed by atoms with van der Waals surface area (Å²) in [4.78, 5) is 26.0. The van der Waals surface area contributed by atoms with Gasteiger partial charge >= 0.3 is 0 Å². The van der Waals surface area contributed by atoms with E-state index in [2.05, 4.69) is 13.2 Å². The molecule has 0 atom stereocenters. The number of hydrogen-bond acceptors (Lipinski definition) is 5. The summed E-state index contributed by atoms with van der Waals surface area (Å²) in [6.45, 7) is 7.78. The largest absolute Gasteiger partial charge is 0.493 e. The minimum Gasteiger partial charge on any atom is -0.493 e. The highest BCUT2D eigenvalue weighted by Crippen LogP contribution is 2.37. The van der Waals surface area contributed by atoms with Crippen molar-refractivity contribution in [2.45, 2.75) is 13.0 Å². The molecule has 2 amide bonds. The molecule has 2 aromatic carbocycles. The van der Waals surface area contributed by atoms with Gasteiger partial charge in [-0.15, -0.1) is 13.2 Å². The number of carbonyl (C=O) groups is 2. The summed E-state index contributed by atoms with van der Waals surface area (Å²) in [5.74, 6) is 0.368. The van der Waals surface area contributed by atoms with Crippen LogP contribution in [0, 0.1) is 5.82 Å². The molecular formula is C24H22FNO4S. The molecule has 1 fully saturated rings. The van der Waals surface area contributed by atoms with Crippen molar-refractivity contribution in [3.05, 3.63) is 89.1 Å². The lowest BCUT2D eigenvalue weighted by Crippen LogP contribution is -2.27. The van der Waals surface area contributed by atoms with Gasteiger partial charge in [0.05, 0.1) is 12.0 Å². The standard InChI is InChI=1S/C24H22FNO4S/c1-4-6-18-12-17(14-21-23(27)26(11-5-2)24(28)31-21)13-20(29-3)22(18)30-15-16-7-9-19(25)10-8-16/h4-5,7-10,12-14H,1-2,6,11,15H2,3H3/b21-14+. The number of nitrogens with zero attached hydrogens (tertiary/aromatic N) is 1. The molecule has 2 aromatic rings. The summed E-state index contributed by atoms with van der Waals surface area (Å²) in [6, 6.07) is 9.68. The number of rotatable bonds is 9. The Morgan fingerprint density at radius 1 is 1.13 bits per heavy atom. The second kappa shape index (κ2) is 10.1. The summed E-state index contributed by atoms with van der Waals surface area (Å²) in [5, 5.41) is -0.325. The van der Waals surface area contributed by atoms with Gasteiger partial charge in [-0.1, -0.05) is 24.3 Å². The van der Waals surface area contributed by atoms with Gasteiger partial charge in [-0.05, 0) is 59.7 Å². The van der Waals surface area contributed by atoms with Gasteiger partial charge in [-0.3, -0.25) is 14.5 Å². The molecule has 1 saturated heterocycles. The van der Waals surface area contributed by atoms with Gasteiger partial charge in [-0.2, -0.15) is 0 Å². The predicted molar refractivity (Wildman–Crippen MR) is 121 cm³/mol. The number of methoxy groups -OCH3 is 1. The van der Waals surface area contributed by atoms with E-state index in [1.807, 2.05) is 6.07 Å². The molecule has 1 aliphatic heterocycles. The molecule has 160 valence electrons. The Morgan fingerprint density at radius 2 is 1.87 bits per heavy atom. The third kappa shape index (κ3) is 5.24. The quantitative estimate of drug-likeness (QED) is 0.389. The molecule has 0 bridgehead atoms. The zero-order valence-electron chi connectivity index (χ0n) is 17.1. The Labute approximate surface area is 184 Å². The molecule has 5 nitrogen and oxygen atoms in total. The Kier molecular flexibility index (Phi) is 7.31. The van der Waals surface area contributed by atoms with Gasteiger partial charge in [0, 0.05) is 12.1 Å². The van der Waals surface area contributed by atoms with Crippen molar-refractivity contribution < 1.29 is 23.5 Å². The lowest BCUT2D eigenvalue weighted by Gasteiger charge is -2.16. The van der Waals surface area contributed by atoms with E-state index in [4.69, 9.17) is 9.47 Å². The highest BCUT2D eigenvalue weighted by atomic mass is 32.2. The van der Waals surface area contributed by atoms with Crippen LogP contribution >= 0.6 is 11.8 Å². The fraction of sp³-hybridized carbons (Fsp3) is 0.167. The third-order valence-electron chi connectivity index (χ3n) is 4.52. The zero-order valence-corrected chi connectivity index (χ0v) is 17.9. The summed E-state index contributed by atoms with van der Waals surface area (Å²) in [5.41, 5.74) is 2.33. The maximum Gasteiger partial charge on any atom is 0.293 e. The highest BCUT2D eigenvalue weighted by molar-refractivity contribution is 8.18. The second-order valence-electron chi connectivity index (χ2n) is 6.70. The van der Waals surface area contributed by atoms with E-state index in [1.165, 1.54) is 25.3 Å². The predicted octanol–water partition coefficient (Wildman–Crippen LogP) is 5.36. The van der Waals surface area contributed by atoms with Crippen LogP contribution in [0.2, 0.25) is 0 Å². The molecule has 0 radical (unpaired) electrons. The molecular weight excluding hydrogens is 417 g/mol. The van der Waals surface area contributed by atoms with Crippen LogP contribution < -0.4 is 9.47 Å². The first kappa shape index (κ1) is 22.4. The number of hydrogen-bond donors (Lipinski definition) is 0. The summed E-state index contributed by atoms with van der Waals surface area (Å²) in [7, 11) is 1.53. The topological polar surface area (TPSA) is 55.8 Å². The summed E-state index contributed by atoms with van der Waals surface area (Å²) < 4.78 is 24.6. The molecule has 0 aliphatic carbocycles. The van der Waals surface area contributed by atoms with Crippen molar-refractivity contribution in [2.24, 2.45) is 0 Å². The van der Waals surface area contributed by atoms with Crippen molar-refractivity contribution in [1.29, 1.82) is 0 Å². The second-order valence-corrected chi connectivity index (χ2v) is 7.69. The van der Waals surface area contributed by atoms with E-state index in [0.717, 1.165) is 27.8 Å². The van der Waals surface area contributed by atoms with Crippen LogP contribution in [0.5, 0.6) is 11.5 Å². The van der Waals surface area contributed by atoms with Crippen LogP contribution in [-0.4, -0.2) is 29.7 Å². The molecule has 0 N–H and O–H groups in total. The first-order valence-electron chi connectivity index (χ1n) is 9.52. The van der Waals surface area contributed by atoms with Gasteiger partial charge < -0.3 is 9.47 Å². The molecule has 0 saturated carbocycles. The Morgan fingerprint density at radius 3 is 2.52 bits per heavy atom. The fourth-order valence-electron chi connectivity index (χ4n) is 3.06. The molecule has 31 heavy (non-hydrogen) atoms. The SMILES string of the molecule is C=CCc1cc(/C=C2/SC(=O)N(CC=C)C2=O)cc(OC)c1OCc1ccc(F)cc1. The van der Waals surface area contributed by atoms with Crippen LogP contribution in [0.25, 0.3) is 6.08 Å². The molecule has 0 unspecified atom stereocenters. The van der Waals surface area contributed by atoms with Gasteiger partial charge in [0.25, 0.3) is 11.1 Å².